The summed E-state index contributed by atoms with van der Waals surface area (Å²) in [7, 11) is 2.08. The van der Waals surface area contributed by atoms with Gasteiger partial charge in [0, 0.05) is 68.0 Å². The van der Waals surface area contributed by atoms with Crippen molar-refractivity contribution in [2.24, 2.45) is 7.05 Å². The summed E-state index contributed by atoms with van der Waals surface area (Å²) < 4.78 is 2.18. The Kier molecular flexibility index (Phi) is 7.29. The lowest BCUT2D eigenvalue weighted by Crippen LogP contribution is -2.38. The van der Waals surface area contributed by atoms with Crippen LogP contribution in [0, 0.1) is 11.3 Å². The van der Waals surface area contributed by atoms with Gasteiger partial charge in [-0.25, -0.2) is 15.0 Å². The Hall–Kier alpha value is -4.87. The van der Waals surface area contributed by atoms with Crippen molar-refractivity contribution in [2.75, 3.05) is 18.4 Å². The number of nitrogens with one attached hydrogen (secondary N) is 1. The molecule has 8 nitrogen and oxygen atoms in total. The Balaban J connectivity index is 1.17. The Bertz CT molecular complexity index is 1610. The second kappa shape index (κ2) is 11.5. The van der Waals surface area contributed by atoms with Crippen molar-refractivity contribution in [2.45, 2.75) is 25.4 Å². The molecule has 0 radical (unpaired) electrons. The Morgan fingerprint density at radius 3 is 2.33 bits per heavy atom. The van der Waals surface area contributed by atoms with E-state index in [1.807, 2.05) is 30.3 Å². The number of nitriles is 1. The molecule has 0 saturated carbocycles. The maximum Gasteiger partial charge on any atom is 0.234 e. The minimum absolute atomic E-state index is 0.196. The predicted molar refractivity (Wildman–Crippen MR) is 156 cm³/mol. The first kappa shape index (κ1) is 25.4. The van der Waals surface area contributed by atoms with Gasteiger partial charge in [-0.3, -0.25) is 9.88 Å². The fourth-order valence-electron chi connectivity index (χ4n) is 5.35. The van der Waals surface area contributed by atoms with Crippen molar-refractivity contribution in [1.82, 2.24) is 29.4 Å². The summed E-state index contributed by atoms with van der Waals surface area (Å²) in [4.78, 5) is 20.0. The van der Waals surface area contributed by atoms with Gasteiger partial charge < -0.3 is 9.88 Å². The molecular formula is C32H30N8. The molecule has 0 spiro atoms. The average Bonchev–Trinajstić information content (AvgIpc) is 3.36. The topological polar surface area (TPSA) is 95.5 Å². The lowest BCUT2D eigenvalue weighted by atomic mass is 10.0. The lowest BCUT2D eigenvalue weighted by Gasteiger charge is -2.32. The van der Waals surface area contributed by atoms with Crippen LogP contribution >= 0.6 is 0 Å². The van der Waals surface area contributed by atoms with Gasteiger partial charge in [-0.2, -0.15) is 5.26 Å². The van der Waals surface area contributed by atoms with Crippen LogP contribution in [0.1, 0.15) is 24.2 Å². The van der Waals surface area contributed by atoms with Gasteiger partial charge >= 0.3 is 0 Å². The largest absolute Gasteiger partial charge is 0.367 e. The third-order valence-electron chi connectivity index (χ3n) is 7.41. The van der Waals surface area contributed by atoms with E-state index >= 15 is 0 Å². The first-order valence-electron chi connectivity index (χ1n) is 13.5. The summed E-state index contributed by atoms with van der Waals surface area (Å²) in [6.45, 7) is 2.92. The van der Waals surface area contributed by atoms with Crippen LogP contribution in [-0.2, 0) is 13.6 Å². The van der Waals surface area contributed by atoms with Gasteiger partial charge in [-0.1, -0.05) is 54.6 Å². The van der Waals surface area contributed by atoms with Crippen molar-refractivity contribution in [3.8, 4) is 40.0 Å². The third-order valence-corrected chi connectivity index (χ3v) is 7.41. The second-order valence-corrected chi connectivity index (χ2v) is 10.1. The molecule has 1 N–H and O–H groups in total. The quantitative estimate of drug-likeness (QED) is 0.297. The summed E-state index contributed by atoms with van der Waals surface area (Å²) in [6, 6.07) is 27.4. The van der Waals surface area contributed by atoms with Crippen molar-refractivity contribution in [1.29, 1.82) is 5.26 Å². The minimum atomic E-state index is 0.196. The molecule has 0 unspecified atom stereocenters. The first-order chi connectivity index (χ1) is 19.7. The molecule has 1 aliphatic rings. The molecule has 6 rings (SSSR count). The molecule has 0 amide bonds. The van der Waals surface area contributed by atoms with Crippen LogP contribution < -0.4 is 5.32 Å². The van der Waals surface area contributed by atoms with Crippen molar-refractivity contribution >= 4 is 5.82 Å². The Morgan fingerprint density at radius 2 is 1.60 bits per heavy atom. The highest BCUT2D eigenvalue weighted by atomic mass is 15.1. The van der Waals surface area contributed by atoms with Crippen molar-refractivity contribution in [3.63, 3.8) is 0 Å². The van der Waals surface area contributed by atoms with E-state index in [4.69, 9.17) is 10.2 Å². The number of pyridine rings is 1. The number of nitrogens with zero attached hydrogens (tertiary/aromatic N) is 7. The van der Waals surface area contributed by atoms with E-state index in [1.165, 1.54) is 5.56 Å². The molecule has 2 aromatic carbocycles. The molecule has 3 aromatic heterocycles. The highest BCUT2D eigenvalue weighted by Crippen LogP contribution is 2.35. The third kappa shape index (κ3) is 5.46. The Morgan fingerprint density at radius 1 is 0.850 bits per heavy atom. The summed E-state index contributed by atoms with van der Waals surface area (Å²) in [5.74, 6) is 1.84. The minimum Gasteiger partial charge on any atom is -0.367 e. The highest BCUT2D eigenvalue weighted by Gasteiger charge is 2.21. The van der Waals surface area contributed by atoms with Gasteiger partial charge in [-0.05, 0) is 36.6 Å². The number of hydrogen-bond acceptors (Lipinski definition) is 7. The number of anilines is 1. The molecule has 0 atom stereocenters. The van der Waals surface area contributed by atoms with Crippen LogP contribution in [0.3, 0.4) is 0 Å². The van der Waals surface area contributed by atoms with E-state index in [1.54, 1.807) is 18.6 Å². The molecule has 198 valence electrons. The number of aromatic nitrogens is 5. The summed E-state index contributed by atoms with van der Waals surface area (Å²) in [5.41, 5.74) is 6.65. The van der Waals surface area contributed by atoms with E-state index in [0.29, 0.717) is 6.04 Å². The SMILES string of the molecule is Cn1c(-c2ccncc2)nc(-c2ccccc2)c1-c1ccc(CN2CCC(Nc3ccnc(C#N)n3)CC2)cc1. The second-order valence-electron chi connectivity index (χ2n) is 10.1. The predicted octanol–water partition coefficient (Wildman–Crippen LogP) is 5.55. The first-order valence-corrected chi connectivity index (χ1v) is 13.5. The molecule has 40 heavy (non-hydrogen) atoms. The van der Waals surface area contributed by atoms with E-state index in [0.717, 1.165) is 72.2 Å². The van der Waals surface area contributed by atoms with Crippen LogP contribution in [0.15, 0.2) is 91.4 Å². The average molecular weight is 527 g/mol. The lowest BCUT2D eigenvalue weighted by molar-refractivity contribution is 0.211. The number of rotatable bonds is 7. The maximum atomic E-state index is 9.04. The zero-order valence-electron chi connectivity index (χ0n) is 22.4. The van der Waals surface area contributed by atoms with E-state index < -0.39 is 0 Å². The summed E-state index contributed by atoms with van der Waals surface area (Å²) in [5, 5.41) is 12.5. The number of hydrogen-bond donors (Lipinski definition) is 1. The zero-order valence-corrected chi connectivity index (χ0v) is 22.4. The molecule has 1 aliphatic heterocycles. The van der Waals surface area contributed by atoms with Crippen LogP contribution in [-0.4, -0.2) is 48.5 Å². The van der Waals surface area contributed by atoms with Crippen molar-refractivity contribution < 1.29 is 0 Å². The summed E-state index contributed by atoms with van der Waals surface area (Å²) in [6.07, 6.45) is 7.29. The molecule has 0 aliphatic carbocycles. The van der Waals surface area contributed by atoms with Gasteiger partial charge in [0.1, 0.15) is 17.7 Å². The zero-order chi connectivity index (χ0) is 27.3. The number of imidazole rings is 1. The maximum absolute atomic E-state index is 9.04. The molecule has 1 saturated heterocycles. The molecule has 4 heterocycles. The van der Waals surface area contributed by atoms with Gasteiger partial charge in [-0.15, -0.1) is 0 Å². The number of benzene rings is 2. The van der Waals surface area contributed by atoms with E-state index in [-0.39, 0.29) is 5.82 Å². The molecule has 1 fully saturated rings. The van der Waals surface area contributed by atoms with E-state index in [9.17, 15) is 0 Å². The highest BCUT2D eigenvalue weighted by molar-refractivity contribution is 5.82. The van der Waals surface area contributed by atoms with Crippen LogP contribution in [0.25, 0.3) is 33.9 Å². The van der Waals surface area contributed by atoms with Crippen molar-refractivity contribution in [3.05, 3.63) is 103 Å². The molecular weight excluding hydrogens is 496 g/mol. The fraction of sp³-hybridized carbons (Fsp3) is 0.219. The van der Waals surface area contributed by atoms with Gasteiger partial charge in [0.25, 0.3) is 0 Å². The van der Waals surface area contributed by atoms with Crippen LogP contribution in [0.2, 0.25) is 0 Å². The van der Waals surface area contributed by atoms with Crippen LogP contribution in [0.5, 0.6) is 0 Å². The normalized spacial score (nSPS) is 14.1. The molecule has 8 heteroatoms. The van der Waals surface area contributed by atoms with Gasteiger partial charge in [0.2, 0.25) is 5.82 Å². The van der Waals surface area contributed by atoms with E-state index in [2.05, 4.69) is 85.3 Å². The standard InChI is InChI=1S/C32H30N8/c1-39-31(30(24-5-3-2-4-6-24)38-32(39)26-11-16-34-17-12-26)25-9-7-23(8-10-25)22-40-19-14-27(15-20-40)36-28-13-18-35-29(21-33)37-28/h2-13,16-18,27H,14-15,19-20,22H2,1H3,(H,35,36,37). The molecule has 5 aromatic rings. The monoisotopic (exact) mass is 526 g/mol. The summed E-state index contributed by atoms with van der Waals surface area (Å²) >= 11 is 0. The van der Waals surface area contributed by atoms with Gasteiger partial charge in [0.15, 0.2) is 0 Å². The van der Waals surface area contributed by atoms with Gasteiger partial charge in [0.05, 0.1) is 11.4 Å². The smallest absolute Gasteiger partial charge is 0.234 e. The number of likely N-dealkylation sites (tertiary alicyclic amines) is 1. The number of piperidine rings is 1. The Labute approximate surface area is 234 Å². The molecule has 0 bridgehead atoms. The van der Waals surface area contributed by atoms with Crippen LogP contribution in [0.4, 0.5) is 5.82 Å². The fourth-order valence-corrected chi connectivity index (χ4v) is 5.35.